The summed E-state index contributed by atoms with van der Waals surface area (Å²) in [6.07, 6.45) is -0.894. The summed E-state index contributed by atoms with van der Waals surface area (Å²) in [5, 5.41) is 3.92. The van der Waals surface area contributed by atoms with Gasteiger partial charge in [-0.2, -0.15) is 4.99 Å². The summed E-state index contributed by atoms with van der Waals surface area (Å²) < 4.78 is 2.76. The molecule has 0 bridgehead atoms. The van der Waals surface area contributed by atoms with Crippen molar-refractivity contribution in [1.29, 1.82) is 0 Å². The van der Waals surface area contributed by atoms with Crippen LogP contribution < -0.4 is 5.32 Å². The van der Waals surface area contributed by atoms with Crippen LogP contribution in [0.15, 0.2) is 4.99 Å². The quantitative estimate of drug-likeness (QED) is 0.488. The van der Waals surface area contributed by atoms with Crippen molar-refractivity contribution < 1.29 is 14.3 Å². The van der Waals surface area contributed by atoms with Crippen LogP contribution in [0.1, 0.15) is 0 Å². The smallest absolute Gasteiger partial charge is 0.407 e. The van der Waals surface area contributed by atoms with Crippen molar-refractivity contribution in [3.63, 3.8) is 0 Å². The average molecular weight is 292 g/mol. The molecule has 0 atom stereocenters. The highest BCUT2D eigenvalue weighted by atomic mass is 35.6. The molecule has 0 aromatic heterocycles. The molecule has 0 aliphatic carbocycles. The van der Waals surface area contributed by atoms with Gasteiger partial charge < -0.3 is 10.1 Å². The minimum absolute atomic E-state index is 0.359. The van der Waals surface area contributed by atoms with E-state index in [0.717, 1.165) is 0 Å². The first kappa shape index (κ1) is 14.6. The van der Waals surface area contributed by atoms with E-state index in [2.05, 4.69) is 27.3 Å². The Morgan fingerprint density at radius 2 is 2.07 bits per heavy atom. The zero-order chi connectivity index (χ0) is 11.9. The van der Waals surface area contributed by atoms with Crippen LogP contribution >= 0.6 is 47.0 Å². The fourth-order valence-corrected chi connectivity index (χ4v) is 0.702. The number of alkyl carbamates (subject to hydrolysis) is 1. The second-order valence-corrected chi connectivity index (χ2v) is 4.84. The third kappa shape index (κ3) is 9.90. The predicted molar refractivity (Wildman–Crippen MR) is 59.7 cm³/mol. The molecule has 5 nitrogen and oxygen atoms in total. The number of amides is 2. The van der Waals surface area contributed by atoms with Gasteiger partial charge >= 0.3 is 6.09 Å². The monoisotopic (exact) mass is 290 g/mol. The molecule has 0 heterocycles. The van der Waals surface area contributed by atoms with E-state index in [1.54, 1.807) is 0 Å². The fourth-order valence-electron chi connectivity index (χ4n) is 0.437. The Kier molecular flexibility index (Phi) is 6.80. The molecule has 0 aliphatic rings. The Balaban J connectivity index is 3.76. The summed E-state index contributed by atoms with van der Waals surface area (Å²) in [5.41, 5.74) is 0. The van der Waals surface area contributed by atoms with E-state index in [9.17, 15) is 9.59 Å². The van der Waals surface area contributed by atoms with E-state index in [1.807, 2.05) is 5.16 Å². The molecule has 2 amide bonds. The summed E-state index contributed by atoms with van der Waals surface area (Å²) >= 11 is 20.1. The lowest BCUT2D eigenvalue weighted by Gasteiger charge is -2.11. The van der Waals surface area contributed by atoms with Gasteiger partial charge in [0.15, 0.2) is 0 Å². The molecular formula is C6H5Cl3N2O3S. The molecule has 1 N–H and O–H groups in total. The number of isothiocyanates is 1. The lowest BCUT2D eigenvalue weighted by Crippen LogP contribution is -2.31. The summed E-state index contributed by atoms with van der Waals surface area (Å²) in [7, 11) is 0. The van der Waals surface area contributed by atoms with Crippen molar-refractivity contribution in [2.45, 2.75) is 3.79 Å². The van der Waals surface area contributed by atoms with Crippen molar-refractivity contribution in [2.75, 3.05) is 13.2 Å². The first-order valence-corrected chi connectivity index (χ1v) is 4.97. The SMILES string of the molecule is O=C(CNC(=O)OCC(Cl)(Cl)Cl)N=C=S. The van der Waals surface area contributed by atoms with Gasteiger partial charge in [0.25, 0.3) is 5.91 Å². The zero-order valence-corrected chi connectivity index (χ0v) is 10.2. The third-order valence-corrected chi connectivity index (χ3v) is 1.34. The van der Waals surface area contributed by atoms with Gasteiger partial charge in [-0.3, -0.25) is 4.79 Å². The summed E-state index contributed by atoms with van der Waals surface area (Å²) in [6, 6.07) is 0. The summed E-state index contributed by atoms with van der Waals surface area (Å²) in [6.45, 7) is -0.781. The Morgan fingerprint density at radius 1 is 1.47 bits per heavy atom. The first-order valence-electron chi connectivity index (χ1n) is 3.43. The molecule has 0 saturated carbocycles. The van der Waals surface area contributed by atoms with E-state index in [0.29, 0.717) is 0 Å². The molecule has 9 heteroatoms. The van der Waals surface area contributed by atoms with E-state index in [-0.39, 0.29) is 6.54 Å². The van der Waals surface area contributed by atoms with Crippen LogP contribution in [0.4, 0.5) is 4.79 Å². The van der Waals surface area contributed by atoms with Crippen molar-refractivity contribution in [2.24, 2.45) is 4.99 Å². The molecule has 15 heavy (non-hydrogen) atoms. The van der Waals surface area contributed by atoms with Gasteiger partial charge in [0.05, 0.1) is 5.16 Å². The number of hydrogen-bond donors (Lipinski definition) is 1. The topological polar surface area (TPSA) is 67.8 Å². The van der Waals surface area contributed by atoms with Crippen LogP contribution in [0.2, 0.25) is 0 Å². The maximum Gasteiger partial charge on any atom is 0.407 e. The van der Waals surface area contributed by atoms with E-state index < -0.39 is 22.4 Å². The number of alkyl halides is 3. The van der Waals surface area contributed by atoms with Crippen LogP contribution in [0.5, 0.6) is 0 Å². The second-order valence-electron chi connectivity index (χ2n) is 2.14. The van der Waals surface area contributed by atoms with Gasteiger partial charge in [0, 0.05) is 0 Å². The number of hydrogen-bond acceptors (Lipinski definition) is 4. The van der Waals surface area contributed by atoms with Crippen LogP contribution in [-0.4, -0.2) is 34.1 Å². The average Bonchev–Trinajstić information content (AvgIpc) is 2.11. The van der Waals surface area contributed by atoms with Gasteiger partial charge in [-0.1, -0.05) is 34.8 Å². The molecule has 0 aliphatic heterocycles. The number of nitrogens with zero attached hydrogens (tertiary/aromatic N) is 1. The van der Waals surface area contributed by atoms with Gasteiger partial charge in [-0.25, -0.2) is 4.79 Å². The number of thiocarbonyl (C=S) groups is 1. The summed E-state index contributed by atoms with van der Waals surface area (Å²) in [5.74, 6) is -0.657. The predicted octanol–water partition coefficient (Wildman–Crippen LogP) is 1.71. The number of halogens is 3. The lowest BCUT2D eigenvalue weighted by molar-refractivity contribution is -0.116. The normalized spacial score (nSPS) is 10.1. The third-order valence-electron chi connectivity index (χ3n) is 0.921. The highest BCUT2D eigenvalue weighted by Crippen LogP contribution is 2.25. The fraction of sp³-hybridized carbons (Fsp3) is 0.500. The van der Waals surface area contributed by atoms with Gasteiger partial charge in [0.2, 0.25) is 3.79 Å². The number of carbonyl (C=O) groups excluding carboxylic acids is 2. The molecule has 0 saturated heterocycles. The maximum atomic E-state index is 10.8. The first-order chi connectivity index (χ1) is 6.85. The lowest BCUT2D eigenvalue weighted by atomic mass is 10.6. The van der Waals surface area contributed by atoms with E-state index in [1.165, 1.54) is 0 Å². The Labute approximate surface area is 106 Å². The van der Waals surface area contributed by atoms with Crippen LogP contribution in [0.3, 0.4) is 0 Å². The van der Waals surface area contributed by atoms with Crippen molar-refractivity contribution in [3.8, 4) is 0 Å². The van der Waals surface area contributed by atoms with Crippen molar-refractivity contribution >= 4 is 64.2 Å². The minimum Gasteiger partial charge on any atom is -0.445 e. The van der Waals surface area contributed by atoms with E-state index >= 15 is 0 Å². The number of aliphatic imine (C=N–C) groups is 1. The largest absolute Gasteiger partial charge is 0.445 e. The van der Waals surface area contributed by atoms with Crippen LogP contribution in [0.25, 0.3) is 0 Å². The number of nitrogens with one attached hydrogen (secondary N) is 1. The highest BCUT2D eigenvalue weighted by molar-refractivity contribution is 7.78. The Hall–Kier alpha value is -0.390. The molecule has 0 rings (SSSR count). The molecule has 0 spiro atoms. The number of carbonyl (C=O) groups is 2. The zero-order valence-electron chi connectivity index (χ0n) is 7.13. The molecule has 0 aromatic rings. The molecule has 0 fully saturated rings. The van der Waals surface area contributed by atoms with Crippen molar-refractivity contribution in [3.05, 3.63) is 0 Å². The van der Waals surface area contributed by atoms with E-state index in [4.69, 9.17) is 34.8 Å². The highest BCUT2D eigenvalue weighted by Gasteiger charge is 2.22. The second kappa shape index (κ2) is 6.98. The molecule has 84 valence electrons. The maximum absolute atomic E-state index is 10.8. The van der Waals surface area contributed by atoms with Crippen LogP contribution in [-0.2, 0) is 9.53 Å². The molecule has 0 radical (unpaired) electrons. The number of ether oxygens (including phenoxy) is 1. The van der Waals surface area contributed by atoms with Gasteiger partial charge in [0.1, 0.15) is 13.2 Å². The van der Waals surface area contributed by atoms with Crippen molar-refractivity contribution in [1.82, 2.24) is 5.32 Å². The molecule has 0 aromatic carbocycles. The Bertz CT molecular complexity index is 298. The standard InChI is InChI=1S/C6H5Cl3N2O3S/c7-6(8,9)2-14-5(13)10-1-4(12)11-3-15/h1-2H2,(H,10,13). The molecular weight excluding hydrogens is 287 g/mol. The summed E-state index contributed by atoms with van der Waals surface area (Å²) in [4.78, 5) is 24.6. The van der Waals surface area contributed by atoms with Gasteiger partial charge in [-0.15, -0.1) is 0 Å². The van der Waals surface area contributed by atoms with Gasteiger partial charge in [-0.05, 0) is 12.2 Å². The minimum atomic E-state index is -1.69. The molecule has 0 unspecified atom stereocenters. The number of rotatable bonds is 3. The Morgan fingerprint density at radius 3 is 2.53 bits per heavy atom. The van der Waals surface area contributed by atoms with Crippen LogP contribution in [0, 0.1) is 0 Å².